The van der Waals surface area contributed by atoms with Gasteiger partial charge in [0.05, 0.1) is 33.1 Å². The van der Waals surface area contributed by atoms with Gasteiger partial charge in [-0.15, -0.1) is 0 Å². The van der Waals surface area contributed by atoms with Crippen molar-refractivity contribution in [3.8, 4) is 23.1 Å². The van der Waals surface area contributed by atoms with Crippen LogP contribution >= 0.6 is 0 Å². The van der Waals surface area contributed by atoms with Gasteiger partial charge in [-0.3, -0.25) is 13.9 Å². The second-order valence-electron chi connectivity index (χ2n) is 6.27. The molecule has 0 radical (unpaired) electrons. The maximum absolute atomic E-state index is 12.5. The van der Waals surface area contributed by atoms with Gasteiger partial charge in [0.1, 0.15) is 5.56 Å². The molecule has 1 aromatic heterocycles. The highest BCUT2D eigenvalue weighted by Crippen LogP contribution is 2.43. The van der Waals surface area contributed by atoms with E-state index in [4.69, 9.17) is 14.2 Å². The molecular formula is C18H22N4O6. The number of hydrogen-bond donors (Lipinski definition) is 2. The molecule has 1 unspecified atom stereocenters. The van der Waals surface area contributed by atoms with Gasteiger partial charge in [-0.25, -0.2) is 4.79 Å². The molecular weight excluding hydrogens is 368 g/mol. The van der Waals surface area contributed by atoms with Crippen molar-refractivity contribution in [2.45, 2.75) is 12.5 Å². The fourth-order valence-electron chi connectivity index (χ4n) is 3.26. The lowest BCUT2D eigenvalue weighted by Crippen LogP contribution is -2.39. The summed E-state index contributed by atoms with van der Waals surface area (Å²) in [6, 6.07) is 3.24. The van der Waals surface area contributed by atoms with Crippen LogP contribution in [0.5, 0.6) is 23.1 Å². The third-order valence-electron chi connectivity index (χ3n) is 4.79. The van der Waals surface area contributed by atoms with Crippen LogP contribution in [-0.2, 0) is 14.1 Å². The summed E-state index contributed by atoms with van der Waals surface area (Å²) in [6.45, 7) is 0. The third kappa shape index (κ3) is 2.86. The summed E-state index contributed by atoms with van der Waals surface area (Å²) >= 11 is 0. The molecule has 1 aliphatic rings. The molecule has 0 aliphatic carbocycles. The van der Waals surface area contributed by atoms with Crippen LogP contribution in [0.4, 0.5) is 0 Å². The van der Waals surface area contributed by atoms with Crippen LogP contribution < -0.4 is 30.9 Å². The number of hydrazone groups is 1. The molecule has 2 aromatic rings. The maximum Gasteiger partial charge on any atom is 0.333 e. The quantitative estimate of drug-likeness (QED) is 0.752. The lowest BCUT2D eigenvalue weighted by atomic mass is 9.98. The van der Waals surface area contributed by atoms with Crippen molar-refractivity contribution in [2.75, 3.05) is 21.3 Å². The van der Waals surface area contributed by atoms with Gasteiger partial charge in [0.15, 0.2) is 11.5 Å². The van der Waals surface area contributed by atoms with Crippen LogP contribution in [0.2, 0.25) is 0 Å². The molecule has 0 saturated heterocycles. The van der Waals surface area contributed by atoms with Crippen molar-refractivity contribution in [1.29, 1.82) is 0 Å². The second-order valence-corrected chi connectivity index (χ2v) is 6.27. The van der Waals surface area contributed by atoms with Crippen LogP contribution in [0.1, 0.15) is 23.6 Å². The number of aromatic hydroxyl groups is 1. The van der Waals surface area contributed by atoms with Crippen molar-refractivity contribution in [3.63, 3.8) is 0 Å². The lowest BCUT2D eigenvalue weighted by molar-refractivity contribution is 0.320. The Labute approximate surface area is 160 Å². The van der Waals surface area contributed by atoms with Gasteiger partial charge in [-0.1, -0.05) is 0 Å². The molecule has 1 aliphatic heterocycles. The molecule has 150 valence electrons. The van der Waals surface area contributed by atoms with Crippen molar-refractivity contribution < 1.29 is 19.3 Å². The van der Waals surface area contributed by atoms with E-state index in [-0.39, 0.29) is 11.6 Å². The minimum absolute atomic E-state index is 0.0148. The highest BCUT2D eigenvalue weighted by molar-refractivity contribution is 6.03. The first-order valence-corrected chi connectivity index (χ1v) is 8.45. The summed E-state index contributed by atoms with van der Waals surface area (Å²) in [4.78, 5) is 24.5. The Bertz CT molecular complexity index is 1070. The number of aromatic nitrogens is 2. The molecule has 2 heterocycles. The monoisotopic (exact) mass is 390 g/mol. The molecule has 1 aromatic carbocycles. The van der Waals surface area contributed by atoms with Crippen LogP contribution in [0, 0.1) is 0 Å². The number of benzene rings is 1. The number of nitrogens with zero attached hydrogens (tertiary/aromatic N) is 3. The Morgan fingerprint density at radius 1 is 1.07 bits per heavy atom. The van der Waals surface area contributed by atoms with Gasteiger partial charge in [0.25, 0.3) is 5.56 Å². The molecule has 0 saturated carbocycles. The molecule has 0 bridgehead atoms. The van der Waals surface area contributed by atoms with Gasteiger partial charge in [0, 0.05) is 26.1 Å². The molecule has 1 atom stereocenters. The minimum Gasteiger partial charge on any atom is -0.494 e. The van der Waals surface area contributed by atoms with E-state index in [0.29, 0.717) is 29.4 Å². The van der Waals surface area contributed by atoms with E-state index in [1.54, 1.807) is 6.07 Å². The Kier molecular flexibility index (Phi) is 5.04. The third-order valence-corrected chi connectivity index (χ3v) is 4.79. The Balaban J connectivity index is 2.02. The number of rotatable bonds is 5. The predicted molar refractivity (Wildman–Crippen MR) is 102 cm³/mol. The van der Waals surface area contributed by atoms with Crippen molar-refractivity contribution in [2.24, 2.45) is 19.2 Å². The SMILES string of the molecule is COc1ccc(C2CC(c3c(O)n(C)c(=O)n(C)c3=O)=NN2)c(OC)c1OC. The Morgan fingerprint density at radius 2 is 1.75 bits per heavy atom. The molecule has 10 heteroatoms. The van der Waals surface area contributed by atoms with Crippen LogP contribution in [-0.4, -0.2) is 41.3 Å². The predicted octanol–water partition coefficient (Wildman–Crippen LogP) is 0.254. The number of methoxy groups -OCH3 is 3. The Hall–Kier alpha value is -3.43. The lowest BCUT2D eigenvalue weighted by Gasteiger charge is -2.19. The average Bonchev–Trinajstić information content (AvgIpc) is 3.18. The number of nitrogens with one attached hydrogen (secondary N) is 1. The van der Waals surface area contributed by atoms with E-state index in [1.807, 2.05) is 6.07 Å². The summed E-state index contributed by atoms with van der Waals surface area (Å²) in [7, 11) is 7.31. The highest BCUT2D eigenvalue weighted by atomic mass is 16.5. The zero-order valence-electron chi connectivity index (χ0n) is 16.3. The normalized spacial score (nSPS) is 15.8. The number of hydrogen-bond acceptors (Lipinski definition) is 8. The van der Waals surface area contributed by atoms with Crippen molar-refractivity contribution in [1.82, 2.24) is 14.6 Å². The van der Waals surface area contributed by atoms with E-state index in [2.05, 4.69) is 10.5 Å². The molecule has 3 rings (SSSR count). The van der Waals surface area contributed by atoms with Gasteiger partial charge < -0.3 is 24.7 Å². The second kappa shape index (κ2) is 7.29. The van der Waals surface area contributed by atoms with Gasteiger partial charge in [-0.2, -0.15) is 5.10 Å². The zero-order chi connectivity index (χ0) is 20.6. The molecule has 28 heavy (non-hydrogen) atoms. The summed E-state index contributed by atoms with van der Waals surface area (Å²) in [6.07, 6.45) is 0.298. The van der Waals surface area contributed by atoms with Crippen molar-refractivity contribution in [3.05, 3.63) is 44.1 Å². The van der Waals surface area contributed by atoms with E-state index >= 15 is 0 Å². The molecule has 2 N–H and O–H groups in total. The largest absolute Gasteiger partial charge is 0.494 e. The summed E-state index contributed by atoms with van der Waals surface area (Å²) < 4.78 is 18.1. The highest BCUT2D eigenvalue weighted by Gasteiger charge is 2.30. The van der Waals surface area contributed by atoms with Crippen LogP contribution in [0.25, 0.3) is 0 Å². The maximum atomic E-state index is 12.5. The van der Waals surface area contributed by atoms with Crippen molar-refractivity contribution >= 4 is 5.71 Å². The van der Waals surface area contributed by atoms with Crippen LogP contribution in [0.3, 0.4) is 0 Å². The smallest absolute Gasteiger partial charge is 0.333 e. The standard InChI is InChI=1S/C18H22N4O6/c1-21-16(23)13(17(24)22(2)18(21)25)11-8-10(19-20-11)9-6-7-12(26-3)15(28-5)14(9)27-4/h6-7,10,19,23H,8H2,1-5H3. The molecule has 0 amide bonds. The molecule has 0 fully saturated rings. The first-order chi connectivity index (χ1) is 13.3. The van der Waals surface area contributed by atoms with Gasteiger partial charge in [-0.05, 0) is 12.1 Å². The molecule has 0 spiro atoms. The fourth-order valence-corrected chi connectivity index (χ4v) is 3.26. The topological polar surface area (TPSA) is 116 Å². The summed E-state index contributed by atoms with van der Waals surface area (Å²) in [5.74, 6) is 1.02. The summed E-state index contributed by atoms with van der Waals surface area (Å²) in [5.41, 5.74) is 2.81. The zero-order valence-corrected chi connectivity index (χ0v) is 16.3. The first kappa shape index (κ1) is 19.3. The molecule has 10 nitrogen and oxygen atoms in total. The minimum atomic E-state index is -0.615. The summed E-state index contributed by atoms with van der Waals surface area (Å²) in [5, 5.41) is 14.6. The Morgan fingerprint density at radius 3 is 2.36 bits per heavy atom. The van der Waals surface area contributed by atoms with Crippen LogP contribution in [0.15, 0.2) is 26.8 Å². The number of ether oxygens (including phenoxy) is 3. The van der Waals surface area contributed by atoms with E-state index < -0.39 is 17.1 Å². The van der Waals surface area contributed by atoms with Gasteiger partial charge >= 0.3 is 5.69 Å². The average molecular weight is 390 g/mol. The van der Waals surface area contributed by atoms with Gasteiger partial charge in [0.2, 0.25) is 11.6 Å². The van der Waals surface area contributed by atoms with E-state index in [9.17, 15) is 14.7 Å². The first-order valence-electron chi connectivity index (χ1n) is 8.45. The van der Waals surface area contributed by atoms with E-state index in [0.717, 1.165) is 14.7 Å². The fraction of sp³-hybridized carbons (Fsp3) is 0.389. The van der Waals surface area contributed by atoms with E-state index in [1.165, 1.54) is 35.4 Å².